The Hall–Kier alpha value is -1.84. The summed E-state index contributed by atoms with van der Waals surface area (Å²) in [5.74, 6) is -1.17. The molecule has 5 saturated carbocycles. The number of ether oxygens (including phenoxy) is 6. The summed E-state index contributed by atoms with van der Waals surface area (Å²) in [5.41, 5.74) is -0.386. The van der Waals surface area contributed by atoms with Gasteiger partial charge >= 0.3 is 11.9 Å². The number of carboxylic acid groups (broad SMARTS) is 2. The van der Waals surface area contributed by atoms with Gasteiger partial charge in [-0.3, -0.25) is 4.79 Å². The van der Waals surface area contributed by atoms with E-state index in [4.69, 9.17) is 28.4 Å². The topological polar surface area (TPSA) is 272 Å². The van der Waals surface area contributed by atoms with E-state index in [1.165, 1.54) is 6.92 Å². The summed E-state index contributed by atoms with van der Waals surface area (Å²) < 4.78 is 36.2. The fourth-order valence-corrected chi connectivity index (χ4v) is 15.7. The third kappa shape index (κ3) is 7.27. The summed E-state index contributed by atoms with van der Waals surface area (Å²) in [6.45, 7) is 19.1. The van der Waals surface area contributed by atoms with E-state index in [1.54, 1.807) is 0 Å². The minimum Gasteiger partial charge on any atom is -0.481 e. The maximum atomic E-state index is 13.1. The lowest BCUT2D eigenvalue weighted by Gasteiger charge is -2.73. The highest BCUT2D eigenvalue weighted by molar-refractivity contribution is 5.76. The van der Waals surface area contributed by atoms with Gasteiger partial charge in [-0.15, -0.1) is 0 Å². The van der Waals surface area contributed by atoms with Gasteiger partial charge in [0.2, 0.25) is 0 Å². The molecule has 0 aromatic carbocycles. The normalized spacial score (nSPS) is 54.7. The first-order chi connectivity index (χ1) is 29.9. The second-order valence-electron chi connectivity index (χ2n) is 22.5. The lowest BCUT2D eigenvalue weighted by atomic mass is 9.32. The molecule has 9 N–H and O–H groups in total. The van der Waals surface area contributed by atoms with Crippen molar-refractivity contribution in [2.75, 3.05) is 6.61 Å². The van der Waals surface area contributed by atoms with Crippen LogP contribution in [0.3, 0.4) is 0 Å². The SMILES string of the molecule is C=C(C)[C@@H]1CC[C@]2(C(=O)O)CC[C@]3(C)[C@H](CC[C@@H]4[C@@]5(C)CC[C@H](O[C@@H]6O[C@H](C(=O)O)[C@@H](O)[C@H](O)[C@H]6O[C@@H]6OC[C@@H](O)[C@H](O)[C@H]6O[C@@H]6O[C@@H](C)[C@H](O)[C@@H](O)[C@H]6O)C(C)(C)[C@@H]5CC[C@]43C)[C@@H]12. The van der Waals surface area contributed by atoms with Crippen LogP contribution in [-0.4, -0.2) is 157 Å². The smallest absolute Gasteiger partial charge is 0.335 e. The minimum absolute atomic E-state index is 0.0520. The zero-order valence-corrected chi connectivity index (χ0v) is 38.3. The van der Waals surface area contributed by atoms with Crippen LogP contribution in [0.25, 0.3) is 0 Å². The lowest BCUT2D eigenvalue weighted by Crippen LogP contribution is -2.68. The monoisotopic (exact) mass is 910 g/mol. The quantitative estimate of drug-likeness (QED) is 0.119. The van der Waals surface area contributed by atoms with E-state index >= 15 is 0 Å². The predicted molar refractivity (Wildman–Crippen MR) is 224 cm³/mol. The number of aliphatic hydroxyl groups is 7. The fourth-order valence-electron chi connectivity index (χ4n) is 15.7. The van der Waals surface area contributed by atoms with Crippen molar-refractivity contribution >= 4 is 11.9 Å². The van der Waals surface area contributed by atoms with E-state index < -0.39 is 121 Å². The molecule has 64 heavy (non-hydrogen) atoms. The highest BCUT2D eigenvalue weighted by atomic mass is 16.8. The average molecular weight is 911 g/mol. The molecule has 17 nitrogen and oxygen atoms in total. The molecule has 0 unspecified atom stereocenters. The Kier molecular flexibility index (Phi) is 12.9. The number of hydrogen-bond donors (Lipinski definition) is 9. The van der Waals surface area contributed by atoms with Gasteiger partial charge in [0.05, 0.1) is 24.2 Å². The first kappa shape index (κ1) is 48.6. The summed E-state index contributed by atoms with van der Waals surface area (Å²) in [6.07, 6.45) is -15.3. The second-order valence-corrected chi connectivity index (χ2v) is 22.5. The van der Waals surface area contributed by atoms with Crippen molar-refractivity contribution in [3.63, 3.8) is 0 Å². The lowest BCUT2D eigenvalue weighted by molar-refractivity contribution is -0.386. The van der Waals surface area contributed by atoms with Gasteiger partial charge in [-0.25, -0.2) is 4.79 Å². The predicted octanol–water partition coefficient (Wildman–Crippen LogP) is 2.32. The number of rotatable bonds is 9. The molecule has 0 aromatic rings. The number of carbonyl (C=O) groups is 2. The van der Waals surface area contributed by atoms with Crippen LogP contribution in [0.1, 0.15) is 113 Å². The van der Waals surface area contributed by atoms with Crippen LogP contribution >= 0.6 is 0 Å². The van der Waals surface area contributed by atoms with Gasteiger partial charge in [-0.05, 0) is 129 Å². The Balaban J connectivity index is 1.04. The van der Waals surface area contributed by atoms with E-state index in [1.807, 2.05) is 0 Å². The van der Waals surface area contributed by atoms with Gasteiger partial charge in [0.15, 0.2) is 25.0 Å². The van der Waals surface area contributed by atoms with Gasteiger partial charge in [0.1, 0.15) is 54.9 Å². The molecule has 0 aromatic heterocycles. The first-order valence-corrected chi connectivity index (χ1v) is 23.6. The molecule has 0 amide bonds. The summed E-state index contributed by atoms with van der Waals surface area (Å²) in [4.78, 5) is 25.5. The van der Waals surface area contributed by atoms with Crippen LogP contribution in [0.5, 0.6) is 0 Å². The number of carboxylic acids is 2. The molecule has 24 atom stereocenters. The first-order valence-electron chi connectivity index (χ1n) is 23.6. The van der Waals surface area contributed by atoms with Gasteiger partial charge < -0.3 is 74.4 Å². The number of fused-ring (bicyclic) bond motifs is 7. The van der Waals surface area contributed by atoms with Crippen LogP contribution in [-0.2, 0) is 38.0 Å². The molecule has 364 valence electrons. The van der Waals surface area contributed by atoms with Crippen molar-refractivity contribution in [3.05, 3.63) is 12.2 Å². The molecule has 8 fully saturated rings. The average Bonchev–Trinajstić information content (AvgIpc) is 3.64. The standard InChI is InChI=1S/C47H74O17/c1-20(2)22-11-16-47(42(57)58)18-17-45(7)23(28(22)47)9-10-26-44(6)14-13-27(43(4,5)25(44)12-15-46(26,45)8)61-41-37(33(53)32(52)35(62-41)38(55)56)64-40-36(30(50)24(48)19-59-40)63-39-34(54)31(51)29(49)21(3)60-39/h21-37,39-41,48-54H,1,9-19H2,2-8H3,(H,55,56)(H,57,58)/t21-,22-,23+,24+,25-,26+,27-,28+,29-,30-,31+,32-,33-,34+,35-,36+,37+,39-,40-,41+,44-,45+,46+,47-/m0/s1. The summed E-state index contributed by atoms with van der Waals surface area (Å²) in [5, 5.41) is 96.5. The van der Waals surface area contributed by atoms with E-state index in [0.29, 0.717) is 25.2 Å². The van der Waals surface area contributed by atoms with Crippen molar-refractivity contribution in [2.24, 2.45) is 56.7 Å². The highest BCUT2D eigenvalue weighted by Gasteiger charge is 2.72. The largest absolute Gasteiger partial charge is 0.481 e. The van der Waals surface area contributed by atoms with Crippen LogP contribution in [0.2, 0.25) is 0 Å². The Bertz CT molecular complexity index is 1780. The molecule has 8 rings (SSSR count). The van der Waals surface area contributed by atoms with Crippen LogP contribution in [0.15, 0.2) is 12.2 Å². The molecular weight excluding hydrogens is 836 g/mol. The molecule has 17 heteroatoms. The molecule has 5 aliphatic carbocycles. The Morgan fingerprint density at radius 2 is 1.31 bits per heavy atom. The van der Waals surface area contributed by atoms with Crippen molar-refractivity contribution in [3.8, 4) is 0 Å². The van der Waals surface area contributed by atoms with Crippen molar-refractivity contribution in [1.82, 2.24) is 0 Å². The van der Waals surface area contributed by atoms with E-state index in [2.05, 4.69) is 48.1 Å². The maximum absolute atomic E-state index is 13.1. The molecule has 3 saturated heterocycles. The Morgan fingerprint density at radius 1 is 0.641 bits per heavy atom. The van der Waals surface area contributed by atoms with E-state index in [-0.39, 0.29) is 39.9 Å². The number of hydrogen-bond acceptors (Lipinski definition) is 15. The third-order valence-corrected chi connectivity index (χ3v) is 19.3. The molecule has 0 bridgehead atoms. The third-order valence-electron chi connectivity index (χ3n) is 19.3. The van der Waals surface area contributed by atoms with Gasteiger partial charge in [-0.1, -0.05) is 46.8 Å². The molecule has 3 aliphatic heterocycles. The molecule has 8 aliphatic rings. The molecule has 0 radical (unpaired) electrons. The Labute approximate surface area is 375 Å². The summed E-state index contributed by atoms with van der Waals surface area (Å²) in [7, 11) is 0. The van der Waals surface area contributed by atoms with Crippen molar-refractivity contribution in [1.29, 1.82) is 0 Å². The number of allylic oxidation sites excluding steroid dienone is 1. The number of aliphatic carboxylic acids is 2. The fraction of sp³-hybridized carbons (Fsp3) is 0.915. The maximum Gasteiger partial charge on any atom is 0.335 e. The van der Waals surface area contributed by atoms with Crippen LogP contribution < -0.4 is 0 Å². The zero-order chi connectivity index (χ0) is 46.8. The second kappa shape index (κ2) is 17.0. The van der Waals surface area contributed by atoms with Crippen molar-refractivity contribution < 1.29 is 84.0 Å². The van der Waals surface area contributed by atoms with Crippen molar-refractivity contribution in [2.45, 2.75) is 205 Å². The summed E-state index contributed by atoms with van der Waals surface area (Å²) in [6, 6.07) is 0. The van der Waals surface area contributed by atoms with Crippen LogP contribution in [0, 0.1) is 56.7 Å². The highest BCUT2D eigenvalue weighted by Crippen LogP contribution is 2.77. The zero-order valence-electron chi connectivity index (χ0n) is 38.3. The summed E-state index contributed by atoms with van der Waals surface area (Å²) >= 11 is 0. The Morgan fingerprint density at radius 3 is 1.97 bits per heavy atom. The number of aliphatic hydroxyl groups excluding tert-OH is 7. The van der Waals surface area contributed by atoms with Crippen LogP contribution in [0.4, 0.5) is 0 Å². The molecule has 3 heterocycles. The molecular formula is C47H74O17. The van der Waals surface area contributed by atoms with Gasteiger partial charge in [0.25, 0.3) is 0 Å². The molecule has 0 spiro atoms. The van der Waals surface area contributed by atoms with Gasteiger partial charge in [0, 0.05) is 0 Å². The van der Waals surface area contributed by atoms with E-state index in [9.17, 15) is 55.5 Å². The minimum atomic E-state index is -1.98. The van der Waals surface area contributed by atoms with E-state index in [0.717, 1.165) is 50.5 Å². The van der Waals surface area contributed by atoms with Gasteiger partial charge in [-0.2, -0.15) is 0 Å².